The third-order valence-electron chi connectivity index (χ3n) is 3.05. The van der Waals surface area contributed by atoms with Crippen molar-refractivity contribution in [3.05, 3.63) is 29.8 Å². The molecule has 1 atom stereocenters. The van der Waals surface area contributed by atoms with Crippen LogP contribution in [-0.2, 0) is 4.74 Å². The van der Waals surface area contributed by atoms with Crippen LogP contribution in [0.15, 0.2) is 29.3 Å². The number of aliphatic hydroxyl groups excluding tert-OH is 1. The number of hydrogen-bond donors (Lipinski definition) is 3. The molecule has 0 bridgehead atoms. The van der Waals surface area contributed by atoms with Gasteiger partial charge in [0.2, 0.25) is 0 Å². The fourth-order valence-electron chi connectivity index (χ4n) is 1.91. The number of methoxy groups -OCH3 is 1. The molecule has 130 valence electrons. The van der Waals surface area contributed by atoms with Crippen LogP contribution in [0, 0.1) is 6.92 Å². The largest absolute Gasteiger partial charge is 0.491 e. The lowest BCUT2D eigenvalue weighted by atomic mass is 10.2. The fourth-order valence-corrected chi connectivity index (χ4v) is 1.91. The summed E-state index contributed by atoms with van der Waals surface area (Å²) < 4.78 is 10.6. The molecule has 6 nitrogen and oxygen atoms in total. The lowest BCUT2D eigenvalue weighted by Crippen LogP contribution is -2.39. The molecule has 0 aliphatic rings. The molecule has 1 rings (SSSR count). The molecule has 0 aromatic heterocycles. The van der Waals surface area contributed by atoms with Gasteiger partial charge in [-0.3, -0.25) is 4.99 Å². The molecule has 0 fully saturated rings. The second kappa shape index (κ2) is 11.7. The van der Waals surface area contributed by atoms with E-state index in [4.69, 9.17) is 9.47 Å². The summed E-state index contributed by atoms with van der Waals surface area (Å²) in [6, 6.07) is 7.76. The van der Waals surface area contributed by atoms with Crippen LogP contribution in [0.4, 0.5) is 0 Å². The van der Waals surface area contributed by atoms with Gasteiger partial charge in [-0.05, 0) is 38.0 Å². The van der Waals surface area contributed by atoms with Crippen LogP contribution in [0.1, 0.15) is 18.9 Å². The first-order valence-corrected chi connectivity index (χ1v) is 8.04. The highest BCUT2D eigenvalue weighted by atomic mass is 16.5. The van der Waals surface area contributed by atoms with E-state index in [9.17, 15) is 5.11 Å². The average molecular weight is 323 g/mol. The third kappa shape index (κ3) is 9.05. The van der Waals surface area contributed by atoms with Crippen LogP contribution < -0.4 is 15.4 Å². The van der Waals surface area contributed by atoms with Crippen molar-refractivity contribution in [2.45, 2.75) is 26.4 Å². The van der Waals surface area contributed by atoms with Crippen molar-refractivity contribution < 1.29 is 14.6 Å². The zero-order chi connectivity index (χ0) is 16.9. The van der Waals surface area contributed by atoms with Gasteiger partial charge in [0.1, 0.15) is 18.5 Å². The summed E-state index contributed by atoms with van der Waals surface area (Å²) in [5.41, 5.74) is 1.13. The molecule has 0 spiro atoms. The molecular formula is C17H29N3O3. The smallest absolute Gasteiger partial charge is 0.191 e. The highest BCUT2D eigenvalue weighted by Crippen LogP contribution is 2.12. The minimum atomic E-state index is -0.648. The summed E-state index contributed by atoms with van der Waals surface area (Å²) in [4.78, 5) is 4.36. The van der Waals surface area contributed by atoms with Gasteiger partial charge in [-0.25, -0.2) is 0 Å². The summed E-state index contributed by atoms with van der Waals surface area (Å²) in [7, 11) is 1.68. The van der Waals surface area contributed by atoms with Crippen molar-refractivity contribution in [3.63, 3.8) is 0 Å². The summed E-state index contributed by atoms with van der Waals surface area (Å²) in [5, 5.41) is 16.3. The zero-order valence-electron chi connectivity index (χ0n) is 14.3. The normalized spacial score (nSPS) is 12.8. The molecule has 0 aliphatic carbocycles. The number of aliphatic imine (C=N–C) groups is 1. The summed E-state index contributed by atoms with van der Waals surface area (Å²) in [6.45, 7) is 6.76. The molecule has 0 amide bonds. The van der Waals surface area contributed by atoms with Crippen LogP contribution in [-0.4, -0.2) is 57.1 Å². The van der Waals surface area contributed by atoms with Crippen LogP contribution in [0.3, 0.4) is 0 Å². The Morgan fingerprint density at radius 3 is 2.87 bits per heavy atom. The second-order valence-corrected chi connectivity index (χ2v) is 5.27. The van der Waals surface area contributed by atoms with Gasteiger partial charge in [0.15, 0.2) is 5.96 Å². The second-order valence-electron chi connectivity index (χ2n) is 5.27. The lowest BCUT2D eigenvalue weighted by Gasteiger charge is -2.14. The van der Waals surface area contributed by atoms with E-state index in [0.717, 1.165) is 30.8 Å². The van der Waals surface area contributed by atoms with E-state index in [2.05, 4.69) is 15.6 Å². The highest BCUT2D eigenvalue weighted by Gasteiger charge is 2.06. The van der Waals surface area contributed by atoms with Gasteiger partial charge in [-0.2, -0.15) is 0 Å². The quantitative estimate of drug-likeness (QED) is 0.344. The minimum absolute atomic E-state index is 0.218. The summed E-state index contributed by atoms with van der Waals surface area (Å²) in [5.74, 6) is 1.45. The van der Waals surface area contributed by atoms with Crippen molar-refractivity contribution in [1.29, 1.82) is 0 Å². The number of ether oxygens (including phenoxy) is 2. The van der Waals surface area contributed by atoms with Gasteiger partial charge in [0.05, 0.1) is 6.54 Å². The minimum Gasteiger partial charge on any atom is -0.491 e. The van der Waals surface area contributed by atoms with E-state index >= 15 is 0 Å². The van der Waals surface area contributed by atoms with Gasteiger partial charge in [-0.15, -0.1) is 0 Å². The first-order valence-electron chi connectivity index (χ1n) is 8.04. The molecule has 23 heavy (non-hydrogen) atoms. The number of rotatable bonds is 10. The van der Waals surface area contributed by atoms with Gasteiger partial charge < -0.3 is 25.2 Å². The zero-order valence-corrected chi connectivity index (χ0v) is 14.3. The predicted octanol–water partition coefficient (Wildman–Crippen LogP) is 1.33. The van der Waals surface area contributed by atoms with E-state index < -0.39 is 6.10 Å². The number of hydrogen-bond acceptors (Lipinski definition) is 4. The van der Waals surface area contributed by atoms with E-state index in [0.29, 0.717) is 12.6 Å². The van der Waals surface area contributed by atoms with Crippen LogP contribution in [0.5, 0.6) is 5.75 Å². The van der Waals surface area contributed by atoms with Gasteiger partial charge >= 0.3 is 0 Å². The number of nitrogens with one attached hydrogen (secondary N) is 2. The number of guanidine groups is 1. The Bertz CT molecular complexity index is 466. The van der Waals surface area contributed by atoms with E-state index in [1.165, 1.54) is 0 Å². The van der Waals surface area contributed by atoms with Gasteiger partial charge in [-0.1, -0.05) is 12.1 Å². The van der Waals surface area contributed by atoms with Crippen molar-refractivity contribution >= 4 is 5.96 Å². The van der Waals surface area contributed by atoms with E-state index in [1.807, 2.05) is 38.1 Å². The molecule has 1 aromatic rings. The SMILES string of the molecule is CCNC(=NCC(O)COc1cccc(C)c1)NCCCOC. The number of aryl methyl sites for hydroxylation is 1. The number of benzene rings is 1. The number of nitrogens with zero attached hydrogens (tertiary/aromatic N) is 1. The molecule has 0 aliphatic heterocycles. The molecule has 0 saturated carbocycles. The molecule has 0 saturated heterocycles. The molecule has 1 unspecified atom stereocenters. The molecule has 3 N–H and O–H groups in total. The molecule has 6 heteroatoms. The van der Waals surface area contributed by atoms with E-state index in [-0.39, 0.29) is 13.2 Å². The van der Waals surface area contributed by atoms with Crippen molar-refractivity contribution in [2.24, 2.45) is 4.99 Å². The number of aliphatic hydroxyl groups is 1. The average Bonchev–Trinajstić information content (AvgIpc) is 2.54. The fraction of sp³-hybridized carbons (Fsp3) is 0.588. The van der Waals surface area contributed by atoms with Crippen LogP contribution >= 0.6 is 0 Å². The van der Waals surface area contributed by atoms with Gasteiger partial charge in [0, 0.05) is 26.8 Å². The summed E-state index contributed by atoms with van der Waals surface area (Å²) in [6.07, 6.45) is 0.255. The Hall–Kier alpha value is -1.79. The first-order chi connectivity index (χ1) is 11.2. The topological polar surface area (TPSA) is 75.1 Å². The monoisotopic (exact) mass is 323 g/mol. The Balaban J connectivity index is 2.35. The third-order valence-corrected chi connectivity index (χ3v) is 3.05. The standard InChI is InChI=1S/C17H29N3O3/c1-4-18-17(19-9-6-10-22-3)20-12-15(21)13-23-16-8-5-7-14(2)11-16/h5,7-8,11,15,21H,4,6,9-10,12-13H2,1-3H3,(H2,18,19,20). The Kier molecular flexibility index (Phi) is 9.83. The lowest BCUT2D eigenvalue weighted by molar-refractivity contribution is 0.114. The molecule has 1 aromatic carbocycles. The van der Waals surface area contributed by atoms with E-state index in [1.54, 1.807) is 7.11 Å². The first kappa shape index (κ1) is 19.3. The maximum atomic E-state index is 10.00. The maximum absolute atomic E-state index is 10.00. The Morgan fingerprint density at radius 1 is 1.35 bits per heavy atom. The van der Waals surface area contributed by atoms with Crippen molar-refractivity contribution in [3.8, 4) is 5.75 Å². The molecule has 0 radical (unpaired) electrons. The van der Waals surface area contributed by atoms with Gasteiger partial charge in [0.25, 0.3) is 0 Å². The summed E-state index contributed by atoms with van der Waals surface area (Å²) >= 11 is 0. The molecular weight excluding hydrogens is 294 g/mol. The molecule has 0 heterocycles. The maximum Gasteiger partial charge on any atom is 0.191 e. The predicted molar refractivity (Wildman–Crippen MR) is 93.2 cm³/mol. The van der Waals surface area contributed by atoms with Crippen molar-refractivity contribution in [1.82, 2.24) is 10.6 Å². The highest BCUT2D eigenvalue weighted by molar-refractivity contribution is 5.79. The Morgan fingerprint density at radius 2 is 2.17 bits per heavy atom. The Labute approximate surface area is 138 Å². The van der Waals surface area contributed by atoms with Crippen molar-refractivity contribution in [2.75, 3.05) is 40.0 Å². The van der Waals surface area contributed by atoms with Crippen LogP contribution in [0.2, 0.25) is 0 Å². The van der Waals surface area contributed by atoms with Crippen LogP contribution in [0.25, 0.3) is 0 Å².